The summed E-state index contributed by atoms with van der Waals surface area (Å²) >= 11 is 0. The third kappa shape index (κ3) is 10.2. The van der Waals surface area contributed by atoms with Gasteiger partial charge in [0.15, 0.2) is 0 Å². The molecule has 0 aromatic carbocycles. The fourth-order valence-corrected chi connectivity index (χ4v) is 1.61. The minimum Gasteiger partial charge on any atom is -0.463 e. The van der Waals surface area contributed by atoms with E-state index in [0.717, 1.165) is 12.2 Å². The van der Waals surface area contributed by atoms with Gasteiger partial charge >= 0.3 is 11.9 Å². The van der Waals surface area contributed by atoms with E-state index in [4.69, 9.17) is 4.74 Å². The van der Waals surface area contributed by atoms with E-state index in [1.54, 1.807) is 6.92 Å². The maximum atomic E-state index is 11.1. The Kier molecular flexibility index (Phi) is 8.81. The van der Waals surface area contributed by atoms with Gasteiger partial charge in [-0.3, -0.25) is 0 Å². The van der Waals surface area contributed by atoms with Gasteiger partial charge in [0.1, 0.15) is 0 Å². The molecule has 0 heterocycles. The highest BCUT2D eigenvalue weighted by molar-refractivity contribution is 7.89. The molecular weight excluding hydrogens is 274 g/mol. The zero-order valence-electron chi connectivity index (χ0n) is 11.0. The molecule has 110 valence electrons. The van der Waals surface area contributed by atoms with Gasteiger partial charge in [-0.05, 0) is 20.3 Å². The van der Waals surface area contributed by atoms with Crippen molar-refractivity contribution in [1.29, 1.82) is 0 Å². The molecule has 0 aromatic rings. The standard InChI is InChI=1S/C11H19NO6S/c1-3-17-10(13)6-7-11(14)18-9-5-8-12-19(15,16)4-2/h6-7,12H,3-5,8-9H2,1-2H3/b7-6+. The Labute approximate surface area is 113 Å². The van der Waals surface area contributed by atoms with Crippen LogP contribution in [-0.4, -0.2) is 45.9 Å². The predicted molar refractivity (Wildman–Crippen MR) is 68.8 cm³/mol. The van der Waals surface area contributed by atoms with Crippen molar-refractivity contribution in [2.75, 3.05) is 25.5 Å². The van der Waals surface area contributed by atoms with Crippen molar-refractivity contribution in [2.45, 2.75) is 20.3 Å². The normalized spacial score (nSPS) is 11.5. The molecule has 0 bridgehead atoms. The van der Waals surface area contributed by atoms with Crippen LogP contribution in [0.4, 0.5) is 0 Å². The average molecular weight is 293 g/mol. The minimum absolute atomic E-state index is 0.00899. The quantitative estimate of drug-likeness (QED) is 0.364. The Morgan fingerprint density at radius 1 is 1.11 bits per heavy atom. The Morgan fingerprint density at radius 2 is 1.68 bits per heavy atom. The van der Waals surface area contributed by atoms with E-state index in [0.29, 0.717) is 6.42 Å². The first kappa shape index (κ1) is 17.6. The van der Waals surface area contributed by atoms with Gasteiger partial charge in [0.05, 0.1) is 19.0 Å². The van der Waals surface area contributed by atoms with E-state index >= 15 is 0 Å². The predicted octanol–water partition coefficient (Wildman–Crippen LogP) is -0.0217. The van der Waals surface area contributed by atoms with Gasteiger partial charge < -0.3 is 9.47 Å². The first-order chi connectivity index (χ1) is 8.91. The molecule has 0 saturated heterocycles. The summed E-state index contributed by atoms with van der Waals surface area (Å²) in [5.41, 5.74) is 0. The molecule has 0 radical (unpaired) electrons. The molecular formula is C11H19NO6S. The lowest BCUT2D eigenvalue weighted by molar-refractivity contribution is -0.140. The summed E-state index contributed by atoms with van der Waals surface area (Å²) in [7, 11) is -3.21. The second-order valence-electron chi connectivity index (χ2n) is 3.40. The number of ether oxygens (including phenoxy) is 2. The first-order valence-corrected chi connectivity index (χ1v) is 7.55. The summed E-state index contributed by atoms with van der Waals surface area (Å²) < 4.78 is 33.8. The molecule has 0 rings (SSSR count). The number of hydrogen-bond acceptors (Lipinski definition) is 6. The maximum absolute atomic E-state index is 11.1. The highest BCUT2D eigenvalue weighted by atomic mass is 32.2. The van der Waals surface area contributed by atoms with Crippen LogP contribution in [0.15, 0.2) is 12.2 Å². The van der Waals surface area contributed by atoms with Crippen molar-refractivity contribution in [3.05, 3.63) is 12.2 Å². The Balaban J connectivity index is 3.73. The highest BCUT2D eigenvalue weighted by Crippen LogP contribution is 1.89. The summed E-state index contributed by atoms with van der Waals surface area (Å²) in [4.78, 5) is 22.0. The lowest BCUT2D eigenvalue weighted by Gasteiger charge is -2.04. The van der Waals surface area contributed by atoms with Crippen molar-refractivity contribution in [3.8, 4) is 0 Å². The molecule has 0 aliphatic carbocycles. The largest absolute Gasteiger partial charge is 0.463 e. The van der Waals surface area contributed by atoms with Crippen LogP contribution in [0.3, 0.4) is 0 Å². The topological polar surface area (TPSA) is 98.8 Å². The lowest BCUT2D eigenvalue weighted by atomic mass is 10.4. The van der Waals surface area contributed by atoms with Gasteiger partial charge in [-0.15, -0.1) is 0 Å². The monoisotopic (exact) mass is 293 g/mol. The maximum Gasteiger partial charge on any atom is 0.331 e. The molecule has 0 aliphatic heterocycles. The molecule has 0 saturated carbocycles. The fourth-order valence-electron chi connectivity index (χ4n) is 0.949. The third-order valence-electron chi connectivity index (χ3n) is 1.91. The molecule has 0 atom stereocenters. The first-order valence-electron chi connectivity index (χ1n) is 5.90. The molecule has 19 heavy (non-hydrogen) atoms. The van der Waals surface area contributed by atoms with Crippen LogP contribution < -0.4 is 4.72 Å². The third-order valence-corrected chi connectivity index (χ3v) is 3.31. The van der Waals surface area contributed by atoms with Crippen LogP contribution in [0.1, 0.15) is 20.3 Å². The fraction of sp³-hybridized carbons (Fsp3) is 0.636. The molecule has 7 nitrogen and oxygen atoms in total. The molecule has 0 unspecified atom stereocenters. The van der Waals surface area contributed by atoms with E-state index in [-0.39, 0.29) is 25.5 Å². The van der Waals surface area contributed by atoms with Gasteiger partial charge in [-0.2, -0.15) is 0 Å². The zero-order valence-corrected chi connectivity index (χ0v) is 11.9. The lowest BCUT2D eigenvalue weighted by Crippen LogP contribution is -2.27. The summed E-state index contributed by atoms with van der Waals surface area (Å²) in [5.74, 6) is -1.28. The number of rotatable bonds is 9. The van der Waals surface area contributed by atoms with Crippen LogP contribution in [-0.2, 0) is 29.1 Å². The van der Waals surface area contributed by atoms with E-state index < -0.39 is 22.0 Å². The number of carbonyl (C=O) groups excluding carboxylic acids is 2. The van der Waals surface area contributed by atoms with Crippen LogP contribution in [0, 0.1) is 0 Å². The zero-order chi connectivity index (χ0) is 14.7. The van der Waals surface area contributed by atoms with Crippen molar-refractivity contribution in [1.82, 2.24) is 4.72 Å². The molecule has 0 aromatic heterocycles. The Morgan fingerprint density at radius 3 is 2.21 bits per heavy atom. The van der Waals surface area contributed by atoms with Crippen LogP contribution in [0.2, 0.25) is 0 Å². The Hall–Kier alpha value is -1.41. The Bertz CT molecular complexity index is 415. The van der Waals surface area contributed by atoms with E-state index in [9.17, 15) is 18.0 Å². The van der Waals surface area contributed by atoms with Gasteiger partial charge in [-0.25, -0.2) is 22.7 Å². The van der Waals surface area contributed by atoms with Gasteiger partial charge in [0, 0.05) is 18.7 Å². The van der Waals surface area contributed by atoms with Gasteiger partial charge in [0.25, 0.3) is 0 Å². The van der Waals surface area contributed by atoms with E-state index in [2.05, 4.69) is 9.46 Å². The van der Waals surface area contributed by atoms with E-state index in [1.807, 2.05) is 0 Å². The molecule has 0 aliphatic rings. The van der Waals surface area contributed by atoms with Crippen molar-refractivity contribution >= 4 is 22.0 Å². The molecule has 0 amide bonds. The summed E-state index contributed by atoms with van der Waals surface area (Å²) in [5, 5.41) is 0. The van der Waals surface area contributed by atoms with Crippen molar-refractivity contribution in [3.63, 3.8) is 0 Å². The SMILES string of the molecule is CCOC(=O)/C=C/C(=O)OCCCNS(=O)(=O)CC. The molecule has 8 heteroatoms. The average Bonchev–Trinajstić information content (AvgIpc) is 2.36. The minimum atomic E-state index is -3.21. The second-order valence-corrected chi connectivity index (χ2v) is 5.50. The van der Waals surface area contributed by atoms with Crippen molar-refractivity contribution in [2.24, 2.45) is 0 Å². The van der Waals surface area contributed by atoms with Crippen LogP contribution in [0.25, 0.3) is 0 Å². The highest BCUT2D eigenvalue weighted by Gasteiger charge is 2.05. The van der Waals surface area contributed by atoms with Crippen molar-refractivity contribution < 1.29 is 27.5 Å². The van der Waals surface area contributed by atoms with Gasteiger partial charge in [0.2, 0.25) is 10.0 Å². The van der Waals surface area contributed by atoms with Crippen LogP contribution >= 0.6 is 0 Å². The number of esters is 2. The van der Waals surface area contributed by atoms with E-state index in [1.165, 1.54) is 6.92 Å². The second kappa shape index (κ2) is 9.51. The molecule has 0 spiro atoms. The molecule has 1 N–H and O–H groups in total. The summed E-state index contributed by atoms with van der Waals surface area (Å²) in [6, 6.07) is 0. The summed E-state index contributed by atoms with van der Waals surface area (Å²) in [6.07, 6.45) is 2.30. The number of hydrogen-bond donors (Lipinski definition) is 1. The number of carbonyl (C=O) groups is 2. The number of sulfonamides is 1. The number of nitrogens with one attached hydrogen (secondary N) is 1. The van der Waals surface area contributed by atoms with Crippen LogP contribution in [0.5, 0.6) is 0 Å². The molecule has 0 fully saturated rings. The van der Waals surface area contributed by atoms with Gasteiger partial charge in [-0.1, -0.05) is 0 Å². The summed E-state index contributed by atoms with van der Waals surface area (Å²) in [6.45, 7) is 3.68. The smallest absolute Gasteiger partial charge is 0.331 e.